The fourth-order valence-corrected chi connectivity index (χ4v) is 4.30. The largest absolute Gasteiger partial charge is 0.495 e. The van der Waals surface area contributed by atoms with E-state index in [1.807, 2.05) is 19.1 Å². The summed E-state index contributed by atoms with van der Waals surface area (Å²) >= 11 is 1.06. The van der Waals surface area contributed by atoms with E-state index in [-0.39, 0.29) is 16.3 Å². The van der Waals surface area contributed by atoms with Crippen LogP contribution in [0.2, 0.25) is 0 Å². The summed E-state index contributed by atoms with van der Waals surface area (Å²) in [4.78, 5) is 28.3. The van der Waals surface area contributed by atoms with Crippen molar-refractivity contribution in [1.82, 2.24) is 0 Å². The van der Waals surface area contributed by atoms with E-state index >= 15 is 0 Å². The van der Waals surface area contributed by atoms with E-state index in [1.54, 1.807) is 36.4 Å². The number of carbonyl (C=O) groups is 2. The van der Waals surface area contributed by atoms with Crippen LogP contribution in [0.1, 0.15) is 11.1 Å². The molecule has 3 aromatic carbocycles. The molecule has 5 nitrogen and oxygen atoms in total. The van der Waals surface area contributed by atoms with Crippen LogP contribution in [-0.2, 0) is 15.8 Å². The molecule has 0 radical (unpaired) electrons. The zero-order valence-electron chi connectivity index (χ0n) is 18.1. The van der Waals surface area contributed by atoms with Crippen molar-refractivity contribution in [3.63, 3.8) is 0 Å². The van der Waals surface area contributed by atoms with Crippen LogP contribution < -0.4 is 15.0 Å². The van der Waals surface area contributed by atoms with E-state index in [0.717, 1.165) is 40.4 Å². The van der Waals surface area contributed by atoms with Gasteiger partial charge >= 0.3 is 6.18 Å². The summed E-state index contributed by atoms with van der Waals surface area (Å²) in [6.45, 7) is 1.92. The fourth-order valence-electron chi connectivity index (χ4n) is 3.38. The number of hydrogen-bond donors (Lipinski definition) is 1. The molecule has 0 spiro atoms. The first-order valence-corrected chi connectivity index (χ1v) is 11.0. The molecule has 1 aliphatic rings. The van der Waals surface area contributed by atoms with Crippen LogP contribution in [-0.4, -0.2) is 18.9 Å². The van der Waals surface area contributed by atoms with Crippen molar-refractivity contribution in [1.29, 1.82) is 0 Å². The Kier molecular flexibility index (Phi) is 6.39. The Morgan fingerprint density at radius 2 is 1.62 bits per heavy atom. The molecule has 34 heavy (non-hydrogen) atoms. The molecule has 1 N–H and O–H groups in total. The number of nitrogens with zero attached hydrogens (tertiary/aromatic N) is 1. The van der Waals surface area contributed by atoms with Crippen molar-refractivity contribution < 1.29 is 27.5 Å². The molecule has 9 heteroatoms. The Morgan fingerprint density at radius 3 is 2.29 bits per heavy atom. The predicted molar refractivity (Wildman–Crippen MR) is 125 cm³/mol. The number of nitrogens with one attached hydrogen (secondary N) is 1. The van der Waals surface area contributed by atoms with Gasteiger partial charge in [-0.05, 0) is 49.4 Å². The molecule has 0 saturated carbocycles. The maximum atomic E-state index is 13.4. The molecule has 0 atom stereocenters. The molecule has 174 valence electrons. The molecule has 0 aromatic heterocycles. The standard InChI is InChI=1S/C25H19F3N2O3S/c1-15-10-12-18(13-11-15)34-22-21(29-19-8-3-4-9-20(19)33-2)23(31)30(24(22)32)17-7-5-6-16(14-17)25(26,27)28/h3-14,29H,1-2H3. The highest BCUT2D eigenvalue weighted by molar-refractivity contribution is 8.04. The summed E-state index contributed by atoms with van der Waals surface area (Å²) in [5.74, 6) is -1.04. The number of benzene rings is 3. The van der Waals surface area contributed by atoms with Crippen LogP contribution in [0.15, 0.2) is 88.3 Å². The van der Waals surface area contributed by atoms with Crippen molar-refractivity contribution in [2.75, 3.05) is 17.3 Å². The van der Waals surface area contributed by atoms with Crippen LogP contribution in [0.3, 0.4) is 0 Å². The van der Waals surface area contributed by atoms with Gasteiger partial charge in [-0.25, -0.2) is 4.90 Å². The van der Waals surface area contributed by atoms with Gasteiger partial charge in [0.05, 0.1) is 24.0 Å². The van der Waals surface area contributed by atoms with Gasteiger partial charge in [-0.3, -0.25) is 9.59 Å². The molecule has 1 heterocycles. The average Bonchev–Trinajstić information content (AvgIpc) is 3.04. The van der Waals surface area contributed by atoms with Crippen molar-refractivity contribution in [2.45, 2.75) is 18.0 Å². The highest BCUT2D eigenvalue weighted by Crippen LogP contribution is 2.40. The second kappa shape index (κ2) is 9.26. The number of imide groups is 1. The molecular weight excluding hydrogens is 465 g/mol. The molecule has 0 saturated heterocycles. The van der Waals surface area contributed by atoms with Gasteiger partial charge in [0.25, 0.3) is 11.8 Å². The minimum atomic E-state index is -4.62. The third kappa shape index (κ3) is 4.65. The van der Waals surface area contributed by atoms with Crippen molar-refractivity contribution >= 4 is 35.0 Å². The first-order valence-electron chi connectivity index (χ1n) is 10.1. The molecule has 0 fully saturated rings. The molecule has 4 rings (SSSR count). The number of ether oxygens (including phenoxy) is 1. The Hall–Kier alpha value is -3.72. The zero-order chi connectivity index (χ0) is 24.5. The third-order valence-corrected chi connectivity index (χ3v) is 6.17. The van der Waals surface area contributed by atoms with Gasteiger partial charge in [-0.15, -0.1) is 0 Å². The Morgan fingerprint density at radius 1 is 0.912 bits per heavy atom. The first-order chi connectivity index (χ1) is 16.2. The number of methoxy groups -OCH3 is 1. The normalized spacial score (nSPS) is 14.1. The average molecular weight is 484 g/mol. The predicted octanol–water partition coefficient (Wildman–Crippen LogP) is 6.01. The van der Waals surface area contributed by atoms with Gasteiger partial charge in [0, 0.05) is 4.90 Å². The molecule has 3 aromatic rings. The minimum Gasteiger partial charge on any atom is -0.495 e. The van der Waals surface area contributed by atoms with Crippen LogP contribution in [0.25, 0.3) is 0 Å². The van der Waals surface area contributed by atoms with Crippen molar-refractivity contribution in [3.8, 4) is 5.75 Å². The third-order valence-electron chi connectivity index (χ3n) is 5.08. The minimum absolute atomic E-state index is 0.0440. The highest BCUT2D eigenvalue weighted by atomic mass is 32.2. The smallest absolute Gasteiger partial charge is 0.416 e. The van der Waals surface area contributed by atoms with Crippen LogP contribution in [0.5, 0.6) is 5.75 Å². The summed E-state index contributed by atoms with van der Waals surface area (Å²) in [7, 11) is 1.47. The van der Waals surface area contributed by atoms with Gasteiger partial charge in [0.2, 0.25) is 0 Å². The van der Waals surface area contributed by atoms with Crippen molar-refractivity contribution in [3.05, 3.63) is 94.5 Å². The zero-order valence-corrected chi connectivity index (χ0v) is 19.0. The number of para-hydroxylation sites is 2. The summed E-state index contributed by atoms with van der Waals surface area (Å²) in [5, 5.41) is 2.97. The number of amides is 2. The number of alkyl halides is 3. The van der Waals surface area contributed by atoms with Crippen LogP contribution >= 0.6 is 11.8 Å². The monoisotopic (exact) mass is 484 g/mol. The van der Waals surface area contributed by atoms with Gasteiger partial charge < -0.3 is 10.1 Å². The summed E-state index contributed by atoms with van der Waals surface area (Å²) in [6.07, 6.45) is -4.62. The Labute approximate surface area is 198 Å². The molecule has 1 aliphatic heterocycles. The van der Waals surface area contributed by atoms with Gasteiger partial charge in [0.15, 0.2) is 0 Å². The SMILES string of the molecule is COc1ccccc1NC1=C(Sc2ccc(C)cc2)C(=O)N(c2cccc(C(F)(F)F)c2)C1=O. The lowest BCUT2D eigenvalue weighted by Crippen LogP contribution is -2.32. The Balaban J connectivity index is 1.77. The second-order valence-corrected chi connectivity index (χ2v) is 8.52. The number of anilines is 2. The lowest BCUT2D eigenvalue weighted by Gasteiger charge is -2.17. The number of hydrogen-bond acceptors (Lipinski definition) is 5. The van der Waals surface area contributed by atoms with E-state index < -0.39 is 23.6 Å². The second-order valence-electron chi connectivity index (χ2n) is 7.44. The topological polar surface area (TPSA) is 58.6 Å². The molecule has 0 unspecified atom stereocenters. The van der Waals surface area contributed by atoms with Gasteiger partial charge in [-0.1, -0.05) is 47.7 Å². The number of thioether (sulfide) groups is 1. The highest BCUT2D eigenvalue weighted by Gasteiger charge is 2.41. The summed E-state index contributed by atoms with van der Waals surface area (Å²) in [5.41, 5.74) is 0.296. The number of rotatable bonds is 6. The summed E-state index contributed by atoms with van der Waals surface area (Å²) in [6, 6.07) is 18.3. The van der Waals surface area contributed by atoms with E-state index in [2.05, 4.69) is 5.32 Å². The van der Waals surface area contributed by atoms with Crippen molar-refractivity contribution in [2.24, 2.45) is 0 Å². The molecule has 0 bridgehead atoms. The molecule has 2 amide bonds. The van der Waals surface area contributed by atoms with Gasteiger partial charge in [0.1, 0.15) is 16.4 Å². The lowest BCUT2D eigenvalue weighted by molar-refractivity contribution is -0.137. The molecular formula is C25H19F3N2O3S. The lowest BCUT2D eigenvalue weighted by atomic mass is 10.2. The first kappa shape index (κ1) is 23.4. The molecule has 0 aliphatic carbocycles. The maximum absolute atomic E-state index is 13.4. The quantitative estimate of drug-likeness (QED) is 0.434. The Bertz CT molecular complexity index is 1290. The number of aryl methyl sites for hydroxylation is 1. The van der Waals surface area contributed by atoms with E-state index in [0.29, 0.717) is 16.3 Å². The van der Waals surface area contributed by atoms with Crippen LogP contribution in [0.4, 0.5) is 24.5 Å². The van der Waals surface area contributed by atoms with E-state index in [1.165, 1.54) is 13.2 Å². The fraction of sp³-hybridized carbons (Fsp3) is 0.120. The number of carbonyl (C=O) groups excluding carboxylic acids is 2. The van der Waals surface area contributed by atoms with E-state index in [9.17, 15) is 22.8 Å². The van der Waals surface area contributed by atoms with E-state index in [4.69, 9.17) is 4.74 Å². The summed E-state index contributed by atoms with van der Waals surface area (Å²) < 4.78 is 45.1. The maximum Gasteiger partial charge on any atom is 0.416 e. The van der Waals surface area contributed by atoms with Gasteiger partial charge in [-0.2, -0.15) is 13.2 Å². The van der Waals surface area contributed by atoms with Crippen LogP contribution in [0, 0.1) is 6.92 Å². The number of halogens is 3.